The highest BCUT2D eigenvalue weighted by Gasteiger charge is 2.30. The number of hydrogen-bond acceptors (Lipinski definition) is 0. The van der Waals surface area contributed by atoms with Crippen LogP contribution in [0.3, 0.4) is 0 Å². The van der Waals surface area contributed by atoms with Crippen LogP contribution in [0.5, 0.6) is 0 Å². The molecule has 0 aliphatic heterocycles. The standard InChI is InChI=1S/C19H28.2C2H6/c1-15-7-9-17(10-8-15)19-13-11-18(12-14-19)16-5-3-2-4-6-16;2*1-2/h2-6,15,17-19H,7-14H2,1H3;2*1-2H3. The van der Waals surface area contributed by atoms with Gasteiger partial charge in [-0.2, -0.15) is 0 Å². The van der Waals surface area contributed by atoms with Crippen LogP contribution in [0.4, 0.5) is 0 Å². The summed E-state index contributed by atoms with van der Waals surface area (Å²) >= 11 is 0. The Morgan fingerprint density at radius 2 is 1.04 bits per heavy atom. The fourth-order valence-corrected chi connectivity index (χ4v) is 4.41. The van der Waals surface area contributed by atoms with E-state index in [1.165, 1.54) is 51.4 Å². The van der Waals surface area contributed by atoms with Crippen molar-refractivity contribution in [1.82, 2.24) is 0 Å². The highest BCUT2D eigenvalue weighted by Crippen LogP contribution is 2.43. The number of rotatable bonds is 2. The molecule has 0 amide bonds. The molecule has 0 unspecified atom stereocenters. The van der Waals surface area contributed by atoms with Crippen molar-refractivity contribution in [2.24, 2.45) is 17.8 Å². The van der Waals surface area contributed by atoms with Gasteiger partial charge in [0, 0.05) is 0 Å². The first kappa shape index (κ1) is 20.3. The fraction of sp³-hybridized carbons (Fsp3) is 0.739. The van der Waals surface area contributed by atoms with E-state index in [1.807, 2.05) is 27.7 Å². The molecule has 23 heavy (non-hydrogen) atoms. The van der Waals surface area contributed by atoms with Crippen molar-refractivity contribution in [3.63, 3.8) is 0 Å². The third-order valence-electron chi connectivity index (χ3n) is 5.77. The molecular formula is C23H40. The van der Waals surface area contributed by atoms with E-state index in [0.29, 0.717) is 0 Å². The Balaban J connectivity index is 0.000000615. The first-order valence-corrected chi connectivity index (χ1v) is 10.4. The van der Waals surface area contributed by atoms with Gasteiger partial charge in [-0.05, 0) is 67.8 Å². The minimum Gasteiger partial charge on any atom is -0.0683 e. The molecule has 132 valence electrons. The fourth-order valence-electron chi connectivity index (χ4n) is 4.41. The molecule has 0 radical (unpaired) electrons. The van der Waals surface area contributed by atoms with Crippen LogP contribution in [0.1, 0.15) is 97.5 Å². The quantitative estimate of drug-likeness (QED) is 0.521. The van der Waals surface area contributed by atoms with E-state index in [4.69, 9.17) is 0 Å². The Labute approximate surface area is 146 Å². The Morgan fingerprint density at radius 3 is 1.52 bits per heavy atom. The molecule has 0 heterocycles. The Hall–Kier alpha value is -0.780. The predicted octanol–water partition coefficient (Wildman–Crippen LogP) is 7.84. The average molecular weight is 317 g/mol. The second kappa shape index (κ2) is 11.7. The molecule has 0 atom stereocenters. The van der Waals surface area contributed by atoms with E-state index in [1.54, 1.807) is 5.56 Å². The molecule has 0 spiro atoms. The van der Waals surface area contributed by atoms with Crippen LogP contribution in [0.25, 0.3) is 0 Å². The van der Waals surface area contributed by atoms with E-state index in [2.05, 4.69) is 37.3 Å². The predicted molar refractivity (Wildman–Crippen MR) is 105 cm³/mol. The molecule has 0 bridgehead atoms. The van der Waals surface area contributed by atoms with E-state index >= 15 is 0 Å². The monoisotopic (exact) mass is 316 g/mol. The van der Waals surface area contributed by atoms with Gasteiger partial charge >= 0.3 is 0 Å². The lowest BCUT2D eigenvalue weighted by Gasteiger charge is -2.37. The molecule has 2 saturated carbocycles. The Bertz CT molecular complexity index is 364. The molecular weight excluding hydrogens is 276 g/mol. The van der Waals surface area contributed by atoms with Crippen LogP contribution in [0.15, 0.2) is 30.3 Å². The van der Waals surface area contributed by atoms with Crippen LogP contribution in [-0.4, -0.2) is 0 Å². The summed E-state index contributed by atoms with van der Waals surface area (Å²) in [7, 11) is 0. The van der Waals surface area contributed by atoms with Gasteiger partial charge in [-0.25, -0.2) is 0 Å². The summed E-state index contributed by atoms with van der Waals surface area (Å²) in [6.45, 7) is 10.4. The first-order chi connectivity index (χ1) is 11.3. The van der Waals surface area contributed by atoms with Crippen LogP contribution >= 0.6 is 0 Å². The number of hydrogen-bond donors (Lipinski definition) is 0. The maximum Gasteiger partial charge on any atom is -0.0162 e. The molecule has 2 aliphatic carbocycles. The average Bonchev–Trinajstić information content (AvgIpc) is 2.67. The van der Waals surface area contributed by atoms with Gasteiger partial charge in [0.05, 0.1) is 0 Å². The van der Waals surface area contributed by atoms with Gasteiger partial charge in [-0.1, -0.05) is 77.8 Å². The van der Waals surface area contributed by atoms with Crippen LogP contribution in [0, 0.1) is 17.8 Å². The van der Waals surface area contributed by atoms with Crippen LogP contribution in [-0.2, 0) is 0 Å². The van der Waals surface area contributed by atoms with Gasteiger partial charge in [-0.3, -0.25) is 0 Å². The minimum atomic E-state index is 0.847. The molecule has 1 aromatic carbocycles. The Kier molecular flexibility index (Phi) is 10.3. The third-order valence-corrected chi connectivity index (χ3v) is 5.77. The van der Waals surface area contributed by atoms with E-state index in [0.717, 1.165) is 23.7 Å². The zero-order chi connectivity index (χ0) is 17.1. The summed E-state index contributed by atoms with van der Waals surface area (Å²) in [5.74, 6) is 3.96. The lowest BCUT2D eigenvalue weighted by atomic mass is 9.68. The van der Waals surface area contributed by atoms with Crippen molar-refractivity contribution < 1.29 is 0 Å². The maximum absolute atomic E-state index is 2.43. The summed E-state index contributed by atoms with van der Waals surface area (Å²) in [6.07, 6.45) is 11.8. The molecule has 0 N–H and O–H groups in total. The van der Waals surface area contributed by atoms with Crippen LogP contribution in [0.2, 0.25) is 0 Å². The SMILES string of the molecule is CC.CC.CC1CCC(C2CCC(c3ccccc3)CC2)CC1. The van der Waals surface area contributed by atoms with Crippen molar-refractivity contribution in [2.45, 2.75) is 91.9 Å². The molecule has 3 rings (SSSR count). The van der Waals surface area contributed by atoms with Gasteiger partial charge in [0.2, 0.25) is 0 Å². The molecule has 2 fully saturated rings. The maximum atomic E-state index is 2.43. The van der Waals surface area contributed by atoms with Gasteiger partial charge in [0.15, 0.2) is 0 Å². The van der Waals surface area contributed by atoms with Crippen molar-refractivity contribution in [3.05, 3.63) is 35.9 Å². The summed E-state index contributed by atoms with van der Waals surface area (Å²) in [4.78, 5) is 0. The first-order valence-electron chi connectivity index (χ1n) is 10.4. The van der Waals surface area contributed by atoms with Crippen molar-refractivity contribution in [3.8, 4) is 0 Å². The topological polar surface area (TPSA) is 0 Å². The molecule has 0 saturated heterocycles. The lowest BCUT2D eigenvalue weighted by molar-refractivity contribution is 0.165. The van der Waals surface area contributed by atoms with Crippen LogP contribution < -0.4 is 0 Å². The summed E-state index contributed by atoms with van der Waals surface area (Å²) < 4.78 is 0. The highest BCUT2D eigenvalue weighted by atomic mass is 14.4. The lowest BCUT2D eigenvalue weighted by Crippen LogP contribution is -2.24. The molecule has 0 heteroatoms. The summed E-state index contributed by atoms with van der Waals surface area (Å²) in [5, 5.41) is 0. The second-order valence-electron chi connectivity index (χ2n) is 7.04. The molecule has 2 aliphatic rings. The van der Waals surface area contributed by atoms with E-state index in [9.17, 15) is 0 Å². The van der Waals surface area contributed by atoms with Gasteiger partial charge < -0.3 is 0 Å². The van der Waals surface area contributed by atoms with E-state index < -0.39 is 0 Å². The van der Waals surface area contributed by atoms with Gasteiger partial charge in [0.25, 0.3) is 0 Å². The highest BCUT2D eigenvalue weighted by molar-refractivity contribution is 5.19. The van der Waals surface area contributed by atoms with Gasteiger partial charge in [0.1, 0.15) is 0 Å². The van der Waals surface area contributed by atoms with Crippen molar-refractivity contribution in [1.29, 1.82) is 0 Å². The zero-order valence-electron chi connectivity index (χ0n) is 16.4. The normalized spacial score (nSPS) is 30.3. The summed E-state index contributed by atoms with van der Waals surface area (Å²) in [5.41, 5.74) is 1.58. The smallest absolute Gasteiger partial charge is 0.0162 e. The Morgan fingerprint density at radius 1 is 0.609 bits per heavy atom. The molecule has 1 aromatic rings. The van der Waals surface area contributed by atoms with Gasteiger partial charge in [-0.15, -0.1) is 0 Å². The molecule has 0 aromatic heterocycles. The van der Waals surface area contributed by atoms with E-state index in [-0.39, 0.29) is 0 Å². The second-order valence-corrected chi connectivity index (χ2v) is 7.04. The molecule has 0 nitrogen and oxygen atoms in total. The van der Waals surface area contributed by atoms with Crippen molar-refractivity contribution in [2.75, 3.05) is 0 Å². The number of benzene rings is 1. The largest absolute Gasteiger partial charge is 0.0683 e. The minimum absolute atomic E-state index is 0.847. The van der Waals surface area contributed by atoms with Crippen molar-refractivity contribution >= 4 is 0 Å². The zero-order valence-corrected chi connectivity index (χ0v) is 16.4. The summed E-state index contributed by atoms with van der Waals surface area (Å²) in [6, 6.07) is 11.2. The third kappa shape index (κ3) is 6.32.